The molecular formula is C15H22FeO3. The van der Waals surface area contributed by atoms with Gasteiger partial charge in [0.05, 0.1) is 0 Å². The molecule has 0 atom stereocenters. The van der Waals surface area contributed by atoms with Gasteiger partial charge in [0.25, 0.3) is 0 Å². The van der Waals surface area contributed by atoms with E-state index < -0.39 is 11.6 Å². The van der Waals surface area contributed by atoms with Crippen molar-refractivity contribution in [3.8, 4) is 5.75 Å². The van der Waals surface area contributed by atoms with E-state index in [1.807, 2.05) is 47.6 Å². The van der Waals surface area contributed by atoms with Crippen LogP contribution in [-0.2, 0) is 22.5 Å². The van der Waals surface area contributed by atoms with Crippen LogP contribution in [0.2, 0.25) is 0 Å². The second kappa shape index (κ2) is 5.98. The number of benzene rings is 1. The van der Waals surface area contributed by atoms with Gasteiger partial charge in [-0.2, -0.15) is 0 Å². The molecule has 1 N–H and O–H groups in total. The normalized spacial score (nSPS) is 11.7. The predicted molar refractivity (Wildman–Crippen MR) is 72.5 cm³/mol. The van der Waals surface area contributed by atoms with E-state index in [1.54, 1.807) is 12.1 Å². The fraction of sp³-hybridized carbons (Fsp3) is 0.533. The Labute approximate surface area is 125 Å². The summed E-state index contributed by atoms with van der Waals surface area (Å²) in [5, 5.41) is 9.27. The molecule has 0 radical (unpaired) electrons. The van der Waals surface area contributed by atoms with Gasteiger partial charge < -0.3 is 9.84 Å². The van der Waals surface area contributed by atoms with Crippen LogP contribution in [0.25, 0.3) is 0 Å². The van der Waals surface area contributed by atoms with Crippen molar-refractivity contribution in [1.29, 1.82) is 0 Å². The van der Waals surface area contributed by atoms with Gasteiger partial charge in [-0.1, -0.05) is 32.9 Å². The Kier molecular flexibility index (Phi) is 5.66. The van der Waals surface area contributed by atoms with Crippen LogP contribution >= 0.6 is 0 Å². The van der Waals surface area contributed by atoms with E-state index in [2.05, 4.69) is 0 Å². The fourth-order valence-corrected chi connectivity index (χ4v) is 1.71. The van der Waals surface area contributed by atoms with Crippen molar-refractivity contribution in [2.24, 2.45) is 0 Å². The smallest absolute Gasteiger partial charge is 0.339 e. The SMILES string of the molecule is CC(C)(C)Oc1c(C(=O)O)cccc1C(C)(C)C.[Fe]. The molecule has 0 saturated heterocycles. The van der Waals surface area contributed by atoms with Crippen LogP contribution in [0, 0.1) is 0 Å². The van der Waals surface area contributed by atoms with Crippen LogP contribution in [0.15, 0.2) is 18.2 Å². The molecule has 0 amide bonds. The third-order valence-corrected chi connectivity index (χ3v) is 2.46. The van der Waals surface area contributed by atoms with Crippen LogP contribution in [0.5, 0.6) is 5.75 Å². The number of aromatic carboxylic acids is 1. The van der Waals surface area contributed by atoms with E-state index in [0.29, 0.717) is 5.75 Å². The monoisotopic (exact) mass is 306 g/mol. The van der Waals surface area contributed by atoms with Crippen LogP contribution in [0.3, 0.4) is 0 Å². The van der Waals surface area contributed by atoms with Gasteiger partial charge >= 0.3 is 5.97 Å². The molecule has 0 saturated carbocycles. The van der Waals surface area contributed by atoms with Crippen molar-refractivity contribution in [2.45, 2.75) is 52.6 Å². The molecule has 108 valence electrons. The second-order valence-corrected chi connectivity index (χ2v) is 6.45. The van der Waals surface area contributed by atoms with Crippen LogP contribution in [-0.4, -0.2) is 16.7 Å². The maximum atomic E-state index is 11.3. The first kappa shape index (κ1) is 18.0. The van der Waals surface area contributed by atoms with Crippen LogP contribution in [0.1, 0.15) is 57.5 Å². The first-order valence-corrected chi connectivity index (χ1v) is 6.08. The van der Waals surface area contributed by atoms with E-state index >= 15 is 0 Å². The molecule has 0 aliphatic carbocycles. The predicted octanol–water partition coefficient (Wildman–Crippen LogP) is 3.86. The molecule has 0 aliphatic rings. The Morgan fingerprint density at radius 1 is 1.11 bits per heavy atom. The summed E-state index contributed by atoms with van der Waals surface area (Å²) in [5.41, 5.74) is 0.548. The molecule has 0 bridgehead atoms. The molecule has 0 unspecified atom stereocenters. The minimum atomic E-state index is -0.958. The fourth-order valence-electron chi connectivity index (χ4n) is 1.71. The Balaban J connectivity index is 0.00000324. The maximum Gasteiger partial charge on any atom is 0.339 e. The van der Waals surface area contributed by atoms with E-state index in [9.17, 15) is 9.90 Å². The number of carboxylic acids is 1. The zero-order valence-electron chi connectivity index (χ0n) is 12.3. The van der Waals surface area contributed by atoms with Crippen molar-refractivity contribution in [2.75, 3.05) is 0 Å². The van der Waals surface area contributed by atoms with E-state index in [4.69, 9.17) is 4.74 Å². The van der Waals surface area contributed by atoms with Crippen LogP contribution in [0.4, 0.5) is 0 Å². The van der Waals surface area contributed by atoms with Crippen molar-refractivity contribution in [3.63, 3.8) is 0 Å². The van der Waals surface area contributed by atoms with Gasteiger partial charge in [-0.15, -0.1) is 0 Å². The molecule has 4 heteroatoms. The van der Waals surface area contributed by atoms with Gasteiger partial charge in [0.1, 0.15) is 16.9 Å². The van der Waals surface area contributed by atoms with Crippen molar-refractivity contribution >= 4 is 5.97 Å². The van der Waals surface area contributed by atoms with Gasteiger partial charge in [0.2, 0.25) is 0 Å². The summed E-state index contributed by atoms with van der Waals surface area (Å²) in [6.45, 7) is 11.9. The average molecular weight is 306 g/mol. The molecule has 1 aromatic carbocycles. The summed E-state index contributed by atoms with van der Waals surface area (Å²) >= 11 is 0. The standard InChI is InChI=1S/C15H22O3.Fe/c1-14(2,3)11-9-7-8-10(13(16)17)12(11)18-15(4,5)6;/h7-9H,1-6H3,(H,16,17);. The Morgan fingerprint density at radius 3 is 2.00 bits per heavy atom. The molecule has 0 aromatic heterocycles. The van der Waals surface area contributed by atoms with Crippen molar-refractivity contribution < 1.29 is 31.7 Å². The number of rotatable bonds is 2. The average Bonchev–Trinajstić information content (AvgIpc) is 2.13. The first-order chi connectivity index (χ1) is 8.02. The zero-order chi connectivity index (χ0) is 14.1. The van der Waals surface area contributed by atoms with Gasteiger partial charge in [-0.25, -0.2) is 4.79 Å². The van der Waals surface area contributed by atoms with Crippen LogP contribution < -0.4 is 4.74 Å². The molecule has 19 heavy (non-hydrogen) atoms. The zero-order valence-corrected chi connectivity index (χ0v) is 13.5. The Bertz CT molecular complexity index is 453. The summed E-state index contributed by atoms with van der Waals surface area (Å²) < 4.78 is 5.87. The Hall–Kier alpha value is -0.991. The number of carbonyl (C=O) groups is 1. The molecular weight excluding hydrogens is 284 g/mol. The van der Waals surface area contributed by atoms with E-state index in [-0.39, 0.29) is 28.0 Å². The molecule has 0 heterocycles. The Morgan fingerprint density at radius 2 is 1.63 bits per heavy atom. The molecule has 0 spiro atoms. The van der Waals surface area contributed by atoms with Crippen molar-refractivity contribution in [3.05, 3.63) is 29.3 Å². The number of carboxylic acid groups (broad SMARTS) is 1. The van der Waals surface area contributed by atoms with Gasteiger partial charge in [-0.05, 0) is 32.3 Å². The van der Waals surface area contributed by atoms with Gasteiger partial charge in [-0.3, -0.25) is 0 Å². The first-order valence-electron chi connectivity index (χ1n) is 6.08. The number of para-hydroxylation sites is 1. The van der Waals surface area contributed by atoms with E-state index in [0.717, 1.165) is 5.56 Å². The van der Waals surface area contributed by atoms with Gasteiger partial charge in [0.15, 0.2) is 0 Å². The molecule has 0 aliphatic heterocycles. The second-order valence-electron chi connectivity index (χ2n) is 6.45. The third-order valence-electron chi connectivity index (χ3n) is 2.46. The summed E-state index contributed by atoms with van der Waals surface area (Å²) in [5.74, 6) is -0.481. The summed E-state index contributed by atoms with van der Waals surface area (Å²) in [6, 6.07) is 5.27. The maximum absolute atomic E-state index is 11.3. The molecule has 0 fully saturated rings. The summed E-state index contributed by atoms with van der Waals surface area (Å²) in [4.78, 5) is 11.3. The minimum absolute atomic E-state index is 0. The quantitative estimate of drug-likeness (QED) is 0.844. The molecule has 1 aromatic rings. The van der Waals surface area contributed by atoms with Gasteiger partial charge in [0, 0.05) is 22.6 Å². The largest absolute Gasteiger partial charge is 0.487 e. The topological polar surface area (TPSA) is 46.5 Å². The summed E-state index contributed by atoms with van der Waals surface area (Å²) in [7, 11) is 0. The van der Waals surface area contributed by atoms with Crippen molar-refractivity contribution in [1.82, 2.24) is 0 Å². The molecule has 1 rings (SSSR count). The number of hydrogen-bond donors (Lipinski definition) is 1. The summed E-state index contributed by atoms with van der Waals surface area (Å²) in [6.07, 6.45) is 0. The molecule has 3 nitrogen and oxygen atoms in total. The number of ether oxygens (including phenoxy) is 1. The third kappa shape index (κ3) is 4.88. The minimum Gasteiger partial charge on any atom is -0.487 e. The van der Waals surface area contributed by atoms with E-state index in [1.165, 1.54) is 0 Å². The number of hydrogen-bond acceptors (Lipinski definition) is 2.